The molecule has 14 heavy (non-hydrogen) atoms. The molecule has 0 radical (unpaired) electrons. The first-order chi connectivity index (χ1) is 6.52. The number of rotatable bonds is 3. The maximum atomic E-state index is 11.1. The molecule has 1 N–H and O–H groups in total. The normalized spacial score (nSPS) is 28.7. The Kier molecular flexibility index (Phi) is 3.69. The molecule has 80 valence electrons. The first-order valence-corrected chi connectivity index (χ1v) is 5.13. The number of nitrogens with zero attached hydrogens (tertiary/aromatic N) is 1. The molecule has 1 rings (SSSR count). The zero-order chi connectivity index (χ0) is 10.7. The molecule has 0 saturated carbocycles. The van der Waals surface area contributed by atoms with Crippen LogP contribution < -0.4 is 0 Å². The van der Waals surface area contributed by atoms with Crippen LogP contribution in [0.15, 0.2) is 12.2 Å². The van der Waals surface area contributed by atoms with Crippen molar-refractivity contribution in [2.24, 2.45) is 5.92 Å². The smallest absolute Gasteiger partial charge is 0.321 e. The molecule has 0 aliphatic carbocycles. The van der Waals surface area contributed by atoms with E-state index in [-0.39, 0.29) is 12.0 Å². The highest BCUT2D eigenvalue weighted by atomic mass is 16.4. The first kappa shape index (κ1) is 11.2. The SMILES string of the molecule is C=C(C)CN1CCCC(C)C1C(=O)O. The molecule has 3 heteroatoms. The van der Waals surface area contributed by atoms with Crippen molar-refractivity contribution >= 4 is 5.97 Å². The Morgan fingerprint density at radius 3 is 2.79 bits per heavy atom. The topological polar surface area (TPSA) is 40.5 Å². The van der Waals surface area contributed by atoms with E-state index in [0.29, 0.717) is 6.54 Å². The molecule has 0 amide bonds. The summed E-state index contributed by atoms with van der Waals surface area (Å²) < 4.78 is 0. The van der Waals surface area contributed by atoms with E-state index in [1.165, 1.54) is 0 Å². The molecule has 2 atom stereocenters. The summed E-state index contributed by atoms with van der Waals surface area (Å²) in [6.07, 6.45) is 2.11. The Morgan fingerprint density at radius 2 is 2.29 bits per heavy atom. The molecule has 3 nitrogen and oxygen atoms in total. The molecule has 2 unspecified atom stereocenters. The highest BCUT2D eigenvalue weighted by Gasteiger charge is 2.33. The summed E-state index contributed by atoms with van der Waals surface area (Å²) in [5.74, 6) is -0.445. The van der Waals surface area contributed by atoms with Crippen molar-refractivity contribution in [3.63, 3.8) is 0 Å². The molecule has 0 bridgehead atoms. The Hall–Kier alpha value is -0.830. The van der Waals surface area contributed by atoms with Gasteiger partial charge in [0.2, 0.25) is 0 Å². The summed E-state index contributed by atoms with van der Waals surface area (Å²) in [7, 11) is 0. The average molecular weight is 197 g/mol. The number of aliphatic carboxylic acids is 1. The number of piperidine rings is 1. The summed E-state index contributed by atoms with van der Waals surface area (Å²) in [5, 5.41) is 9.12. The number of likely N-dealkylation sites (tertiary alicyclic amines) is 1. The van der Waals surface area contributed by atoms with Gasteiger partial charge in [-0.3, -0.25) is 9.69 Å². The van der Waals surface area contributed by atoms with Gasteiger partial charge in [0.1, 0.15) is 6.04 Å². The summed E-state index contributed by atoms with van der Waals surface area (Å²) in [6, 6.07) is -0.319. The van der Waals surface area contributed by atoms with E-state index in [2.05, 4.69) is 6.58 Å². The Bertz CT molecular complexity index is 237. The maximum Gasteiger partial charge on any atom is 0.321 e. The van der Waals surface area contributed by atoms with Crippen molar-refractivity contribution in [1.29, 1.82) is 0 Å². The first-order valence-electron chi connectivity index (χ1n) is 5.13. The molecule has 0 aromatic heterocycles. The van der Waals surface area contributed by atoms with E-state index < -0.39 is 5.97 Å². The third-order valence-electron chi connectivity index (χ3n) is 2.76. The van der Waals surface area contributed by atoms with Crippen LogP contribution in [0.2, 0.25) is 0 Å². The van der Waals surface area contributed by atoms with Crippen molar-refractivity contribution < 1.29 is 9.90 Å². The monoisotopic (exact) mass is 197 g/mol. The van der Waals surface area contributed by atoms with Gasteiger partial charge in [-0.2, -0.15) is 0 Å². The number of carboxylic acids is 1. The van der Waals surface area contributed by atoms with Crippen molar-refractivity contribution in [3.05, 3.63) is 12.2 Å². The highest BCUT2D eigenvalue weighted by molar-refractivity contribution is 5.74. The van der Waals surface area contributed by atoms with Gasteiger partial charge in [0, 0.05) is 6.54 Å². The fraction of sp³-hybridized carbons (Fsp3) is 0.727. The molecule has 1 aliphatic rings. The lowest BCUT2D eigenvalue weighted by Gasteiger charge is -2.37. The van der Waals surface area contributed by atoms with E-state index in [1.807, 2.05) is 18.7 Å². The standard InChI is InChI=1S/C11H19NO2/c1-8(2)7-12-6-4-5-9(3)10(12)11(13)14/h9-10H,1,4-7H2,2-3H3,(H,13,14). The summed E-state index contributed by atoms with van der Waals surface area (Å²) in [4.78, 5) is 13.1. The van der Waals surface area contributed by atoms with Gasteiger partial charge in [-0.25, -0.2) is 0 Å². The Labute approximate surface area is 85.4 Å². The van der Waals surface area contributed by atoms with Gasteiger partial charge in [0.25, 0.3) is 0 Å². The molecule has 1 aliphatic heterocycles. The molecule has 0 spiro atoms. The second kappa shape index (κ2) is 4.60. The quantitative estimate of drug-likeness (QED) is 0.701. The number of carboxylic acid groups (broad SMARTS) is 1. The minimum Gasteiger partial charge on any atom is -0.480 e. The van der Waals surface area contributed by atoms with Gasteiger partial charge in [-0.05, 0) is 32.2 Å². The molecule has 1 heterocycles. The second-order valence-electron chi connectivity index (χ2n) is 4.33. The van der Waals surface area contributed by atoms with E-state index in [4.69, 9.17) is 5.11 Å². The third-order valence-corrected chi connectivity index (χ3v) is 2.76. The lowest BCUT2D eigenvalue weighted by Crippen LogP contribution is -2.49. The van der Waals surface area contributed by atoms with Crippen LogP contribution in [-0.2, 0) is 4.79 Å². The van der Waals surface area contributed by atoms with Crippen molar-refractivity contribution in [1.82, 2.24) is 4.90 Å². The highest BCUT2D eigenvalue weighted by Crippen LogP contribution is 2.23. The van der Waals surface area contributed by atoms with Crippen LogP contribution in [-0.4, -0.2) is 35.1 Å². The fourth-order valence-electron chi connectivity index (χ4n) is 2.20. The zero-order valence-electron chi connectivity index (χ0n) is 8.99. The molecular weight excluding hydrogens is 178 g/mol. The van der Waals surface area contributed by atoms with E-state index in [9.17, 15) is 4.79 Å². The maximum absolute atomic E-state index is 11.1. The van der Waals surface area contributed by atoms with Crippen molar-refractivity contribution in [3.8, 4) is 0 Å². The average Bonchev–Trinajstić information content (AvgIpc) is 2.01. The van der Waals surface area contributed by atoms with Gasteiger partial charge in [0.05, 0.1) is 0 Å². The molecule has 0 aromatic rings. The van der Waals surface area contributed by atoms with Crippen LogP contribution in [0.1, 0.15) is 26.7 Å². The summed E-state index contributed by atoms with van der Waals surface area (Å²) in [6.45, 7) is 9.39. The second-order valence-corrected chi connectivity index (χ2v) is 4.33. The van der Waals surface area contributed by atoms with E-state index >= 15 is 0 Å². The zero-order valence-corrected chi connectivity index (χ0v) is 8.99. The van der Waals surface area contributed by atoms with Crippen molar-refractivity contribution in [2.75, 3.05) is 13.1 Å². The predicted octanol–water partition coefficient (Wildman–Crippen LogP) is 1.75. The van der Waals surface area contributed by atoms with Gasteiger partial charge >= 0.3 is 5.97 Å². The molecule has 1 saturated heterocycles. The van der Waals surface area contributed by atoms with Crippen LogP contribution in [0.4, 0.5) is 0 Å². The van der Waals surface area contributed by atoms with Crippen LogP contribution in [0.5, 0.6) is 0 Å². The van der Waals surface area contributed by atoms with Crippen molar-refractivity contribution in [2.45, 2.75) is 32.7 Å². The van der Waals surface area contributed by atoms with Gasteiger partial charge in [-0.15, -0.1) is 0 Å². The van der Waals surface area contributed by atoms with E-state index in [0.717, 1.165) is 25.0 Å². The van der Waals surface area contributed by atoms with E-state index in [1.54, 1.807) is 0 Å². The van der Waals surface area contributed by atoms with Gasteiger partial charge in [-0.1, -0.05) is 19.1 Å². The molecule has 0 aromatic carbocycles. The fourth-order valence-corrected chi connectivity index (χ4v) is 2.20. The lowest BCUT2D eigenvalue weighted by atomic mass is 9.90. The van der Waals surface area contributed by atoms with Crippen LogP contribution in [0, 0.1) is 5.92 Å². The number of carbonyl (C=O) groups is 1. The van der Waals surface area contributed by atoms with Gasteiger partial charge in [0.15, 0.2) is 0 Å². The number of hydrogen-bond donors (Lipinski definition) is 1. The Balaban J connectivity index is 2.69. The summed E-state index contributed by atoms with van der Waals surface area (Å²) in [5.41, 5.74) is 1.03. The van der Waals surface area contributed by atoms with Crippen LogP contribution in [0.25, 0.3) is 0 Å². The Morgan fingerprint density at radius 1 is 1.64 bits per heavy atom. The largest absolute Gasteiger partial charge is 0.480 e. The lowest BCUT2D eigenvalue weighted by molar-refractivity contribution is -0.146. The molecular formula is C11H19NO2. The third kappa shape index (κ3) is 2.58. The number of hydrogen-bond acceptors (Lipinski definition) is 2. The molecule has 1 fully saturated rings. The minimum atomic E-state index is -0.696. The predicted molar refractivity (Wildman–Crippen MR) is 56.2 cm³/mol. The van der Waals surface area contributed by atoms with Gasteiger partial charge < -0.3 is 5.11 Å². The van der Waals surface area contributed by atoms with Crippen LogP contribution in [0.3, 0.4) is 0 Å². The van der Waals surface area contributed by atoms with Crippen LogP contribution >= 0.6 is 0 Å². The summed E-state index contributed by atoms with van der Waals surface area (Å²) >= 11 is 0. The minimum absolute atomic E-state index is 0.251.